The van der Waals surface area contributed by atoms with Crippen LogP contribution >= 0.6 is 22.9 Å². The second-order valence-electron chi connectivity index (χ2n) is 7.27. The summed E-state index contributed by atoms with van der Waals surface area (Å²) in [4.78, 5) is 31.1. The van der Waals surface area contributed by atoms with Gasteiger partial charge in [0.2, 0.25) is 12.1 Å². The number of carbonyl (C=O) groups excluding carboxylic acids is 2. The van der Waals surface area contributed by atoms with Gasteiger partial charge in [-0.1, -0.05) is 29.5 Å². The molecule has 0 bridgehead atoms. The van der Waals surface area contributed by atoms with Crippen molar-refractivity contribution in [1.82, 2.24) is 9.88 Å². The molecule has 166 valence electrons. The number of amides is 1. The van der Waals surface area contributed by atoms with Gasteiger partial charge in [0.1, 0.15) is 18.1 Å². The Balaban J connectivity index is 1.68. The highest BCUT2D eigenvalue weighted by Crippen LogP contribution is 2.41. The maximum atomic E-state index is 13.4. The molecule has 4 rings (SSSR count). The maximum absolute atomic E-state index is 13.4. The van der Waals surface area contributed by atoms with Gasteiger partial charge >= 0.3 is 0 Å². The van der Waals surface area contributed by atoms with Crippen molar-refractivity contribution >= 4 is 40.4 Å². The van der Waals surface area contributed by atoms with E-state index >= 15 is 0 Å². The average molecular weight is 472 g/mol. The van der Waals surface area contributed by atoms with Crippen molar-refractivity contribution in [1.29, 1.82) is 0 Å². The number of H-pyrrole nitrogens is 1. The van der Waals surface area contributed by atoms with E-state index in [0.717, 1.165) is 4.88 Å². The molecule has 1 amide bonds. The highest BCUT2D eigenvalue weighted by molar-refractivity contribution is 7.10. The van der Waals surface area contributed by atoms with E-state index in [1.54, 1.807) is 12.1 Å². The summed E-state index contributed by atoms with van der Waals surface area (Å²) >= 11 is 7.67. The average Bonchev–Trinajstić information content (AvgIpc) is 3.53. The van der Waals surface area contributed by atoms with Gasteiger partial charge < -0.3 is 14.7 Å². The molecular weight excluding hydrogens is 450 g/mol. The molecule has 0 spiro atoms. The van der Waals surface area contributed by atoms with Gasteiger partial charge in [0.25, 0.3) is 5.91 Å². The van der Waals surface area contributed by atoms with Crippen molar-refractivity contribution in [2.24, 2.45) is 0 Å². The number of imidazole rings is 1. The Morgan fingerprint density at radius 2 is 2.19 bits per heavy atom. The summed E-state index contributed by atoms with van der Waals surface area (Å²) in [6.07, 6.45) is 6.17. The number of aryl methyl sites for hydroxylation is 1. The van der Waals surface area contributed by atoms with Crippen LogP contribution in [0.25, 0.3) is 5.76 Å². The number of benzene rings is 1. The van der Waals surface area contributed by atoms with Crippen molar-refractivity contribution in [3.8, 4) is 5.75 Å². The van der Waals surface area contributed by atoms with Gasteiger partial charge in [-0.2, -0.15) is 0 Å². The molecule has 1 fully saturated rings. The highest BCUT2D eigenvalue weighted by Gasteiger charge is 2.44. The number of ketones is 1. The number of nitrogens with zero attached hydrogens (tertiary/aromatic N) is 2. The van der Waals surface area contributed by atoms with E-state index in [1.807, 2.05) is 47.7 Å². The van der Waals surface area contributed by atoms with Crippen LogP contribution in [0.15, 0.2) is 60.0 Å². The Bertz CT molecular complexity index is 1140. The lowest BCUT2D eigenvalue weighted by atomic mass is 9.99. The standard InChI is InChI=1S/C23H22ClN3O4S/c1-2-31-17-7-6-15(13-16(17)24)21(28)19-20(18-5-3-12-32-18)27(23(30)22(19)29)10-4-9-26-11-8-25-14-26/h3,5-8,11-14,20H,2,4,9-10H2,1H3,(H,28,29). The summed E-state index contributed by atoms with van der Waals surface area (Å²) in [5.74, 6) is -1.44. The SMILES string of the molecule is CCOc1ccc(C([O-])=C2C(=O)C(=O)N(CCC[n+]3cc[nH]c3)C2c2cccs2)cc1Cl. The first-order valence-electron chi connectivity index (χ1n) is 10.3. The van der Waals surface area contributed by atoms with Gasteiger partial charge in [-0.25, -0.2) is 4.57 Å². The minimum Gasteiger partial charge on any atom is -0.872 e. The Morgan fingerprint density at radius 1 is 1.34 bits per heavy atom. The molecule has 1 aliphatic heterocycles. The smallest absolute Gasteiger partial charge is 0.295 e. The number of carbonyl (C=O) groups is 2. The first-order chi connectivity index (χ1) is 15.5. The van der Waals surface area contributed by atoms with Gasteiger partial charge in [-0.05, 0) is 36.1 Å². The number of hydrogen-bond acceptors (Lipinski definition) is 5. The van der Waals surface area contributed by atoms with Crippen molar-refractivity contribution in [3.05, 3.63) is 75.5 Å². The maximum Gasteiger partial charge on any atom is 0.295 e. The molecule has 1 atom stereocenters. The summed E-state index contributed by atoms with van der Waals surface area (Å²) in [5, 5.41) is 15.5. The van der Waals surface area contributed by atoms with Crippen LogP contribution in [-0.4, -0.2) is 34.7 Å². The lowest BCUT2D eigenvalue weighted by molar-refractivity contribution is -0.695. The fraction of sp³-hybridized carbons (Fsp3) is 0.261. The van der Waals surface area contributed by atoms with Gasteiger partial charge in [0, 0.05) is 23.4 Å². The minimum absolute atomic E-state index is 0.0352. The first kappa shape index (κ1) is 22.1. The van der Waals surface area contributed by atoms with Gasteiger partial charge in [-0.3, -0.25) is 14.6 Å². The molecule has 1 aromatic carbocycles. The third-order valence-corrected chi connectivity index (χ3v) is 6.47. The number of rotatable bonds is 8. The van der Waals surface area contributed by atoms with Gasteiger partial charge in [0.05, 0.1) is 24.2 Å². The molecule has 32 heavy (non-hydrogen) atoms. The van der Waals surface area contributed by atoms with Crippen LogP contribution < -0.4 is 14.4 Å². The third kappa shape index (κ3) is 4.28. The number of likely N-dealkylation sites (tertiary alicyclic amines) is 1. The fourth-order valence-corrected chi connectivity index (χ4v) is 4.88. The van der Waals surface area contributed by atoms with E-state index in [2.05, 4.69) is 4.98 Å². The van der Waals surface area contributed by atoms with Crippen LogP contribution in [0.3, 0.4) is 0 Å². The lowest BCUT2D eigenvalue weighted by Crippen LogP contribution is -2.35. The molecule has 2 aromatic heterocycles. The topological polar surface area (TPSA) is 89.3 Å². The number of thiophene rings is 1. The van der Waals surface area contributed by atoms with Crippen LogP contribution in [0, 0.1) is 0 Å². The molecule has 1 unspecified atom stereocenters. The number of nitrogens with one attached hydrogen (secondary N) is 1. The molecule has 1 aliphatic rings. The molecule has 0 saturated carbocycles. The fourth-order valence-electron chi connectivity index (χ4n) is 3.80. The van der Waals surface area contributed by atoms with Crippen LogP contribution in [0.2, 0.25) is 5.02 Å². The summed E-state index contributed by atoms with van der Waals surface area (Å²) < 4.78 is 7.38. The van der Waals surface area contributed by atoms with Crippen LogP contribution in [0.1, 0.15) is 29.8 Å². The first-order valence-corrected chi connectivity index (χ1v) is 11.5. The molecule has 1 N–H and O–H groups in total. The number of aromatic nitrogens is 2. The number of hydrogen-bond donors (Lipinski definition) is 1. The van der Waals surface area contributed by atoms with Crippen LogP contribution in [-0.2, 0) is 16.1 Å². The third-order valence-electron chi connectivity index (χ3n) is 5.25. The molecule has 3 aromatic rings. The Hall–Kier alpha value is -3.10. The zero-order chi connectivity index (χ0) is 22.7. The second kappa shape index (κ2) is 9.58. The van der Waals surface area contributed by atoms with Crippen molar-refractivity contribution in [2.45, 2.75) is 25.9 Å². The van der Waals surface area contributed by atoms with Crippen molar-refractivity contribution in [2.75, 3.05) is 13.2 Å². The van der Waals surface area contributed by atoms with E-state index in [4.69, 9.17) is 16.3 Å². The molecule has 1 saturated heterocycles. The molecule has 0 radical (unpaired) electrons. The predicted molar refractivity (Wildman–Crippen MR) is 119 cm³/mol. The highest BCUT2D eigenvalue weighted by atomic mass is 35.5. The zero-order valence-electron chi connectivity index (χ0n) is 17.4. The number of halogens is 1. The number of Topliss-reactive ketones (excluding diaryl/α,β-unsaturated/α-hetero) is 1. The van der Waals surface area contributed by atoms with Crippen molar-refractivity contribution in [3.63, 3.8) is 0 Å². The van der Waals surface area contributed by atoms with E-state index in [0.29, 0.717) is 31.9 Å². The largest absolute Gasteiger partial charge is 0.872 e. The lowest BCUT2D eigenvalue weighted by Gasteiger charge is -2.26. The Labute approximate surface area is 194 Å². The van der Waals surface area contributed by atoms with E-state index in [1.165, 1.54) is 22.3 Å². The molecule has 7 nitrogen and oxygen atoms in total. The van der Waals surface area contributed by atoms with E-state index in [9.17, 15) is 14.7 Å². The molecule has 3 heterocycles. The second-order valence-corrected chi connectivity index (χ2v) is 8.66. The molecule has 0 aliphatic carbocycles. The van der Waals surface area contributed by atoms with Crippen LogP contribution in [0.5, 0.6) is 5.75 Å². The van der Waals surface area contributed by atoms with E-state index < -0.39 is 23.5 Å². The normalized spacial score (nSPS) is 17.8. The summed E-state index contributed by atoms with van der Waals surface area (Å²) in [6.45, 7) is 3.30. The summed E-state index contributed by atoms with van der Waals surface area (Å²) in [5.41, 5.74) is 0.216. The Morgan fingerprint density at radius 3 is 2.84 bits per heavy atom. The number of aromatic amines is 1. The van der Waals surface area contributed by atoms with E-state index in [-0.39, 0.29) is 16.2 Å². The van der Waals surface area contributed by atoms with Gasteiger partial charge in [-0.15, -0.1) is 11.3 Å². The monoisotopic (exact) mass is 471 g/mol. The van der Waals surface area contributed by atoms with Gasteiger partial charge in [0.15, 0.2) is 0 Å². The summed E-state index contributed by atoms with van der Waals surface area (Å²) in [6, 6.07) is 7.64. The Kier molecular flexibility index (Phi) is 6.62. The van der Waals surface area contributed by atoms with Crippen LogP contribution in [0.4, 0.5) is 0 Å². The minimum atomic E-state index is -0.757. The number of ether oxygens (including phenoxy) is 1. The molecule has 9 heteroatoms. The molecular formula is C23H22ClN3O4S. The quantitative estimate of drug-likeness (QED) is 0.237. The predicted octanol–water partition coefficient (Wildman–Crippen LogP) is 2.73. The van der Waals surface area contributed by atoms with Crippen molar-refractivity contribution < 1.29 is 24.0 Å². The summed E-state index contributed by atoms with van der Waals surface area (Å²) in [7, 11) is 0. The zero-order valence-corrected chi connectivity index (χ0v) is 19.0.